The first-order valence-electron chi connectivity index (χ1n) is 7.43. The highest BCUT2D eigenvalue weighted by Gasteiger charge is 2.51. The van der Waals surface area contributed by atoms with Crippen LogP contribution in [0.3, 0.4) is 0 Å². The van der Waals surface area contributed by atoms with Crippen molar-refractivity contribution in [1.82, 2.24) is 0 Å². The second-order valence-electron chi connectivity index (χ2n) is 6.26. The fourth-order valence-electron chi connectivity index (χ4n) is 3.46. The van der Waals surface area contributed by atoms with Crippen molar-refractivity contribution in [3.63, 3.8) is 0 Å². The number of benzene rings is 1. The molecule has 1 saturated heterocycles. The van der Waals surface area contributed by atoms with E-state index in [0.29, 0.717) is 19.6 Å². The van der Waals surface area contributed by atoms with Gasteiger partial charge < -0.3 is 9.84 Å². The minimum Gasteiger partial charge on any atom is -0.384 e. The van der Waals surface area contributed by atoms with Gasteiger partial charge in [-0.2, -0.15) is 5.26 Å². The van der Waals surface area contributed by atoms with E-state index in [1.807, 2.05) is 6.07 Å². The van der Waals surface area contributed by atoms with Gasteiger partial charge in [-0.15, -0.1) is 0 Å². The molecule has 0 aromatic heterocycles. The zero-order valence-corrected chi connectivity index (χ0v) is 12.0. The molecule has 0 saturated carbocycles. The lowest BCUT2D eigenvalue weighted by atomic mass is 9.69. The molecule has 0 radical (unpaired) electrons. The van der Waals surface area contributed by atoms with Crippen molar-refractivity contribution in [2.45, 2.75) is 44.6 Å². The van der Waals surface area contributed by atoms with Crippen molar-refractivity contribution in [3.05, 3.63) is 34.9 Å². The Kier molecular flexibility index (Phi) is 3.32. The molecule has 2 unspecified atom stereocenters. The molecule has 1 aromatic carbocycles. The molecule has 0 bridgehead atoms. The lowest BCUT2D eigenvalue weighted by Gasteiger charge is -2.37. The molecular formula is C17H21NO2. The summed E-state index contributed by atoms with van der Waals surface area (Å²) in [6.45, 7) is 2.62. The normalized spacial score (nSPS) is 28.4. The third-order valence-corrected chi connectivity index (χ3v) is 5.08. The third kappa shape index (κ3) is 1.95. The first-order chi connectivity index (χ1) is 9.59. The maximum atomic E-state index is 11.0. The minimum absolute atomic E-state index is 0.313. The molecule has 3 nitrogen and oxygen atoms in total. The van der Waals surface area contributed by atoms with Crippen LogP contribution >= 0.6 is 0 Å². The highest BCUT2D eigenvalue weighted by atomic mass is 16.5. The van der Waals surface area contributed by atoms with E-state index in [9.17, 15) is 10.4 Å². The first kappa shape index (κ1) is 13.6. The highest BCUT2D eigenvalue weighted by molar-refractivity contribution is 5.38. The molecule has 106 valence electrons. The average molecular weight is 271 g/mol. The molecule has 3 heteroatoms. The van der Waals surface area contributed by atoms with Gasteiger partial charge in [0.1, 0.15) is 11.0 Å². The predicted molar refractivity (Wildman–Crippen MR) is 76.1 cm³/mol. The molecule has 0 spiro atoms. The van der Waals surface area contributed by atoms with Gasteiger partial charge in [0.25, 0.3) is 0 Å². The number of aryl methyl sites for hydroxylation is 2. The summed E-state index contributed by atoms with van der Waals surface area (Å²) < 4.78 is 5.39. The number of ether oxygens (including phenoxy) is 1. The Labute approximate surface area is 120 Å². The molecule has 1 aromatic rings. The standard InChI is InChI=1S/C17H21NO2/c1-16(19,17(11-18)8-9-20-12-17)15-7-6-13-4-2-3-5-14(13)10-15/h6-7,10,19H,2-5,8-9,12H2,1H3. The molecular weight excluding hydrogens is 250 g/mol. The van der Waals surface area contributed by atoms with Crippen LogP contribution in [0.4, 0.5) is 0 Å². The van der Waals surface area contributed by atoms with Gasteiger partial charge in [0, 0.05) is 6.61 Å². The molecule has 1 aliphatic carbocycles. The fourth-order valence-corrected chi connectivity index (χ4v) is 3.46. The van der Waals surface area contributed by atoms with Crippen LogP contribution in [0, 0.1) is 16.7 Å². The lowest BCUT2D eigenvalue weighted by molar-refractivity contribution is -0.0482. The molecule has 1 heterocycles. The van der Waals surface area contributed by atoms with E-state index in [2.05, 4.69) is 18.2 Å². The number of fused-ring (bicyclic) bond motifs is 1. The molecule has 0 amide bonds. The third-order valence-electron chi connectivity index (χ3n) is 5.08. The summed E-state index contributed by atoms with van der Waals surface area (Å²) in [6, 6.07) is 8.54. The van der Waals surface area contributed by atoms with E-state index < -0.39 is 11.0 Å². The van der Waals surface area contributed by atoms with E-state index in [1.54, 1.807) is 6.92 Å². The Morgan fingerprint density at radius 2 is 2.05 bits per heavy atom. The zero-order chi connectivity index (χ0) is 14.2. The van der Waals surface area contributed by atoms with E-state index in [0.717, 1.165) is 18.4 Å². The van der Waals surface area contributed by atoms with Crippen molar-refractivity contribution in [3.8, 4) is 6.07 Å². The molecule has 2 atom stereocenters. The van der Waals surface area contributed by atoms with Gasteiger partial charge in [0.15, 0.2) is 0 Å². The number of rotatable bonds is 2. The molecule has 2 aliphatic rings. The Balaban J connectivity index is 2.01. The van der Waals surface area contributed by atoms with Crippen LogP contribution in [0.5, 0.6) is 0 Å². The summed E-state index contributed by atoms with van der Waals surface area (Å²) in [4.78, 5) is 0. The van der Waals surface area contributed by atoms with Crippen LogP contribution in [0.15, 0.2) is 18.2 Å². The van der Waals surface area contributed by atoms with E-state index >= 15 is 0 Å². The predicted octanol–water partition coefficient (Wildman–Crippen LogP) is 2.70. The summed E-state index contributed by atoms with van der Waals surface area (Å²) in [7, 11) is 0. The van der Waals surface area contributed by atoms with E-state index in [-0.39, 0.29) is 0 Å². The Bertz CT molecular complexity index is 551. The summed E-state index contributed by atoms with van der Waals surface area (Å²) in [5.41, 5.74) is 1.59. The SMILES string of the molecule is CC(O)(c1ccc2c(c1)CCCC2)C1(C#N)CCOC1. The second-order valence-corrected chi connectivity index (χ2v) is 6.26. The van der Waals surface area contributed by atoms with Crippen LogP contribution in [0.1, 0.15) is 42.9 Å². The number of nitrogens with zero attached hydrogens (tertiary/aromatic N) is 1. The Morgan fingerprint density at radius 1 is 1.30 bits per heavy atom. The quantitative estimate of drug-likeness (QED) is 0.899. The summed E-state index contributed by atoms with van der Waals surface area (Å²) >= 11 is 0. The van der Waals surface area contributed by atoms with Crippen molar-refractivity contribution < 1.29 is 9.84 Å². The topological polar surface area (TPSA) is 53.2 Å². The van der Waals surface area contributed by atoms with Gasteiger partial charge in [-0.1, -0.05) is 18.2 Å². The lowest BCUT2D eigenvalue weighted by Crippen LogP contribution is -2.43. The van der Waals surface area contributed by atoms with Crippen LogP contribution in [0.2, 0.25) is 0 Å². The van der Waals surface area contributed by atoms with Crippen LogP contribution < -0.4 is 0 Å². The monoisotopic (exact) mass is 271 g/mol. The first-order valence-corrected chi connectivity index (χ1v) is 7.43. The Morgan fingerprint density at radius 3 is 2.70 bits per heavy atom. The summed E-state index contributed by atoms with van der Waals surface area (Å²) in [5.74, 6) is 0. The van der Waals surface area contributed by atoms with Crippen LogP contribution in [0.25, 0.3) is 0 Å². The molecule has 1 fully saturated rings. The van der Waals surface area contributed by atoms with Crippen molar-refractivity contribution in [2.75, 3.05) is 13.2 Å². The van der Waals surface area contributed by atoms with Crippen molar-refractivity contribution >= 4 is 0 Å². The highest BCUT2D eigenvalue weighted by Crippen LogP contribution is 2.45. The molecule has 20 heavy (non-hydrogen) atoms. The van der Waals surface area contributed by atoms with E-state index in [4.69, 9.17) is 4.74 Å². The molecule has 1 N–H and O–H groups in total. The van der Waals surface area contributed by atoms with Crippen LogP contribution in [-0.2, 0) is 23.2 Å². The van der Waals surface area contributed by atoms with Gasteiger partial charge in [0.05, 0.1) is 12.7 Å². The average Bonchev–Trinajstić information content (AvgIpc) is 2.97. The van der Waals surface area contributed by atoms with Gasteiger partial charge in [-0.05, 0) is 55.7 Å². The summed E-state index contributed by atoms with van der Waals surface area (Å²) in [6.07, 6.45) is 5.26. The smallest absolute Gasteiger partial charge is 0.115 e. The van der Waals surface area contributed by atoms with Gasteiger partial charge in [0.2, 0.25) is 0 Å². The maximum absolute atomic E-state index is 11.0. The zero-order valence-electron chi connectivity index (χ0n) is 12.0. The molecule has 1 aliphatic heterocycles. The minimum atomic E-state index is -1.16. The number of hydrogen-bond donors (Lipinski definition) is 1. The number of hydrogen-bond acceptors (Lipinski definition) is 3. The summed E-state index contributed by atoms with van der Waals surface area (Å²) in [5, 5.41) is 20.6. The fraction of sp³-hybridized carbons (Fsp3) is 0.588. The van der Waals surface area contributed by atoms with Crippen molar-refractivity contribution in [1.29, 1.82) is 5.26 Å². The van der Waals surface area contributed by atoms with Gasteiger partial charge in [-0.25, -0.2) is 0 Å². The number of aliphatic hydroxyl groups is 1. The van der Waals surface area contributed by atoms with Gasteiger partial charge >= 0.3 is 0 Å². The second kappa shape index (κ2) is 4.87. The maximum Gasteiger partial charge on any atom is 0.115 e. The molecule has 3 rings (SSSR count). The Hall–Kier alpha value is -1.37. The van der Waals surface area contributed by atoms with Crippen molar-refractivity contribution in [2.24, 2.45) is 5.41 Å². The van der Waals surface area contributed by atoms with E-state index in [1.165, 1.54) is 24.0 Å². The van der Waals surface area contributed by atoms with Gasteiger partial charge in [-0.3, -0.25) is 0 Å². The van der Waals surface area contributed by atoms with Crippen LogP contribution in [-0.4, -0.2) is 18.3 Å². The largest absolute Gasteiger partial charge is 0.384 e. The number of nitriles is 1.